The third-order valence-electron chi connectivity index (χ3n) is 3.19. The number of carbonyl (C=O) groups is 1. The van der Waals surface area contributed by atoms with E-state index in [0.717, 1.165) is 19.5 Å². The van der Waals surface area contributed by atoms with Gasteiger partial charge in [-0.05, 0) is 18.6 Å². The zero-order valence-corrected chi connectivity index (χ0v) is 10.2. The highest BCUT2D eigenvalue weighted by molar-refractivity contribution is 5.82. The van der Waals surface area contributed by atoms with Crippen molar-refractivity contribution in [3.05, 3.63) is 30.3 Å². The minimum atomic E-state index is -0.823. The lowest BCUT2D eigenvalue weighted by molar-refractivity contribution is -0.123. The summed E-state index contributed by atoms with van der Waals surface area (Å²) in [5.41, 5.74) is 6.63. The van der Waals surface area contributed by atoms with E-state index in [1.807, 2.05) is 18.2 Å². The summed E-state index contributed by atoms with van der Waals surface area (Å²) >= 11 is 0. The highest BCUT2D eigenvalue weighted by Gasteiger charge is 2.25. The number of rotatable bonds is 4. The van der Waals surface area contributed by atoms with Gasteiger partial charge in [-0.1, -0.05) is 18.2 Å². The molecule has 18 heavy (non-hydrogen) atoms. The van der Waals surface area contributed by atoms with E-state index in [-0.39, 0.29) is 18.6 Å². The number of carbonyl (C=O) groups excluding carboxylic acids is 1. The summed E-state index contributed by atoms with van der Waals surface area (Å²) in [5.74, 6) is -0.280. The predicted octanol–water partition coefficient (Wildman–Crippen LogP) is -0.299. The third kappa shape index (κ3) is 3.00. The fraction of sp³-hybridized carbons (Fsp3) is 0.462. The zero-order valence-electron chi connectivity index (χ0n) is 10.2. The van der Waals surface area contributed by atoms with Crippen LogP contribution in [0.25, 0.3) is 0 Å². The summed E-state index contributed by atoms with van der Waals surface area (Å²) in [6.07, 6.45) is 0.902. The van der Waals surface area contributed by atoms with Crippen molar-refractivity contribution in [3.63, 3.8) is 0 Å². The highest BCUT2D eigenvalue weighted by atomic mass is 16.3. The molecule has 1 aromatic carbocycles. The fourth-order valence-electron chi connectivity index (χ4n) is 2.14. The first-order valence-electron chi connectivity index (χ1n) is 6.17. The molecule has 0 saturated carbocycles. The number of nitrogens with two attached hydrogens (primary N) is 1. The topological polar surface area (TPSA) is 78.6 Å². The standard InChI is InChI=1S/C13H19N3O2/c14-12(9-17)13(18)15-10-6-7-16(8-10)11-4-2-1-3-5-11/h1-5,10,12,17H,6-9,14H2,(H,15,18). The van der Waals surface area contributed by atoms with Gasteiger partial charge in [0.2, 0.25) is 5.91 Å². The third-order valence-corrected chi connectivity index (χ3v) is 3.19. The number of nitrogens with one attached hydrogen (secondary N) is 1. The highest BCUT2D eigenvalue weighted by Crippen LogP contribution is 2.19. The van der Waals surface area contributed by atoms with Gasteiger partial charge in [-0.2, -0.15) is 0 Å². The van der Waals surface area contributed by atoms with E-state index in [1.165, 1.54) is 5.69 Å². The molecule has 0 aliphatic carbocycles. The van der Waals surface area contributed by atoms with Gasteiger partial charge >= 0.3 is 0 Å². The van der Waals surface area contributed by atoms with Gasteiger partial charge in [0.1, 0.15) is 6.04 Å². The molecule has 1 saturated heterocycles. The normalized spacial score (nSPS) is 20.8. The molecule has 1 aliphatic rings. The molecule has 0 aromatic heterocycles. The molecule has 1 aliphatic heterocycles. The van der Waals surface area contributed by atoms with Crippen LogP contribution in [0.3, 0.4) is 0 Å². The lowest BCUT2D eigenvalue weighted by Gasteiger charge is -2.19. The largest absolute Gasteiger partial charge is 0.394 e. The first-order valence-corrected chi connectivity index (χ1v) is 6.17. The minimum Gasteiger partial charge on any atom is -0.394 e. The Balaban J connectivity index is 1.87. The molecule has 0 spiro atoms. The van der Waals surface area contributed by atoms with E-state index in [2.05, 4.69) is 22.3 Å². The van der Waals surface area contributed by atoms with Crippen molar-refractivity contribution in [3.8, 4) is 0 Å². The number of aliphatic hydroxyl groups excluding tert-OH is 1. The zero-order chi connectivity index (χ0) is 13.0. The minimum absolute atomic E-state index is 0.107. The molecule has 5 heteroatoms. The van der Waals surface area contributed by atoms with Crippen molar-refractivity contribution in [2.24, 2.45) is 5.73 Å². The van der Waals surface area contributed by atoms with Crippen LogP contribution in [0.5, 0.6) is 0 Å². The molecular formula is C13H19N3O2. The lowest BCUT2D eigenvalue weighted by Crippen LogP contribution is -2.47. The summed E-state index contributed by atoms with van der Waals surface area (Å²) in [7, 11) is 0. The summed E-state index contributed by atoms with van der Waals surface area (Å²) in [5, 5.41) is 11.7. The molecule has 4 N–H and O–H groups in total. The Bertz CT molecular complexity index is 396. The van der Waals surface area contributed by atoms with Crippen LogP contribution in [0, 0.1) is 0 Å². The Labute approximate surface area is 107 Å². The Morgan fingerprint density at radius 2 is 2.22 bits per heavy atom. The fourth-order valence-corrected chi connectivity index (χ4v) is 2.14. The molecule has 2 atom stereocenters. The van der Waals surface area contributed by atoms with Crippen LogP contribution in [0.15, 0.2) is 30.3 Å². The van der Waals surface area contributed by atoms with Gasteiger partial charge in [-0.15, -0.1) is 0 Å². The SMILES string of the molecule is NC(CO)C(=O)NC1CCN(c2ccccc2)C1. The van der Waals surface area contributed by atoms with Gasteiger partial charge in [-0.3, -0.25) is 4.79 Å². The van der Waals surface area contributed by atoms with Crippen molar-refractivity contribution in [1.82, 2.24) is 5.32 Å². The number of anilines is 1. The van der Waals surface area contributed by atoms with Gasteiger partial charge < -0.3 is 21.1 Å². The quantitative estimate of drug-likeness (QED) is 0.684. The molecule has 0 bridgehead atoms. The van der Waals surface area contributed by atoms with Crippen molar-refractivity contribution < 1.29 is 9.90 Å². The molecular weight excluding hydrogens is 230 g/mol. The van der Waals surface area contributed by atoms with E-state index < -0.39 is 6.04 Å². The van der Waals surface area contributed by atoms with E-state index in [9.17, 15) is 4.79 Å². The predicted molar refractivity (Wildman–Crippen MR) is 70.3 cm³/mol. The van der Waals surface area contributed by atoms with E-state index in [1.54, 1.807) is 0 Å². The maximum absolute atomic E-state index is 11.6. The van der Waals surface area contributed by atoms with Gasteiger partial charge in [-0.25, -0.2) is 0 Å². The Morgan fingerprint density at radius 1 is 1.50 bits per heavy atom. The molecule has 2 rings (SSSR count). The number of benzene rings is 1. The van der Waals surface area contributed by atoms with E-state index in [0.29, 0.717) is 0 Å². The molecule has 98 valence electrons. The maximum Gasteiger partial charge on any atom is 0.239 e. The van der Waals surface area contributed by atoms with Crippen LogP contribution >= 0.6 is 0 Å². The second kappa shape index (κ2) is 5.84. The lowest BCUT2D eigenvalue weighted by atomic mass is 10.2. The number of aliphatic hydroxyl groups is 1. The molecule has 1 aromatic rings. The van der Waals surface area contributed by atoms with Crippen LogP contribution in [-0.2, 0) is 4.79 Å². The van der Waals surface area contributed by atoms with Crippen molar-refractivity contribution in [1.29, 1.82) is 0 Å². The number of amides is 1. The summed E-state index contributed by atoms with van der Waals surface area (Å²) in [4.78, 5) is 13.8. The summed E-state index contributed by atoms with van der Waals surface area (Å²) < 4.78 is 0. The first kappa shape index (κ1) is 12.9. The average molecular weight is 249 g/mol. The Hall–Kier alpha value is -1.59. The van der Waals surface area contributed by atoms with Crippen molar-refractivity contribution in [2.75, 3.05) is 24.6 Å². The average Bonchev–Trinajstić information content (AvgIpc) is 2.87. The van der Waals surface area contributed by atoms with Crippen LogP contribution in [0.2, 0.25) is 0 Å². The van der Waals surface area contributed by atoms with Crippen LogP contribution < -0.4 is 16.0 Å². The van der Waals surface area contributed by atoms with Gasteiger partial charge in [0.25, 0.3) is 0 Å². The smallest absolute Gasteiger partial charge is 0.239 e. The summed E-state index contributed by atoms with van der Waals surface area (Å²) in [6.45, 7) is 1.39. The Morgan fingerprint density at radius 3 is 2.89 bits per heavy atom. The maximum atomic E-state index is 11.6. The number of hydrogen-bond donors (Lipinski definition) is 3. The monoisotopic (exact) mass is 249 g/mol. The summed E-state index contributed by atoms with van der Waals surface area (Å²) in [6, 6.07) is 9.39. The van der Waals surface area contributed by atoms with Crippen molar-refractivity contribution >= 4 is 11.6 Å². The van der Waals surface area contributed by atoms with E-state index in [4.69, 9.17) is 10.8 Å². The van der Waals surface area contributed by atoms with Crippen LogP contribution in [0.1, 0.15) is 6.42 Å². The van der Waals surface area contributed by atoms with Gasteiger partial charge in [0.05, 0.1) is 6.61 Å². The first-order chi connectivity index (χ1) is 8.70. The van der Waals surface area contributed by atoms with Crippen LogP contribution in [0.4, 0.5) is 5.69 Å². The molecule has 0 radical (unpaired) electrons. The molecule has 1 amide bonds. The molecule has 2 unspecified atom stereocenters. The number of nitrogens with zero attached hydrogens (tertiary/aromatic N) is 1. The molecule has 1 fully saturated rings. The molecule has 1 heterocycles. The van der Waals surface area contributed by atoms with Gasteiger partial charge in [0.15, 0.2) is 0 Å². The second-order valence-electron chi connectivity index (χ2n) is 4.56. The number of para-hydroxylation sites is 1. The Kier molecular flexibility index (Phi) is 4.17. The number of hydrogen-bond acceptors (Lipinski definition) is 4. The van der Waals surface area contributed by atoms with Crippen molar-refractivity contribution in [2.45, 2.75) is 18.5 Å². The second-order valence-corrected chi connectivity index (χ2v) is 4.56. The van der Waals surface area contributed by atoms with Crippen LogP contribution in [-0.4, -0.2) is 42.8 Å². The van der Waals surface area contributed by atoms with E-state index >= 15 is 0 Å². The molecule has 5 nitrogen and oxygen atoms in total. The van der Waals surface area contributed by atoms with Gasteiger partial charge in [0, 0.05) is 24.8 Å².